The Bertz CT molecular complexity index is 583. The first-order valence-corrected chi connectivity index (χ1v) is 6.49. The Labute approximate surface area is 109 Å². The first kappa shape index (κ1) is 12.7. The van der Waals surface area contributed by atoms with Crippen LogP contribution in [0.25, 0.3) is 10.6 Å². The molecule has 0 atom stereocenters. The number of nitrogen functional groups attached to an aromatic ring is 1. The Morgan fingerprint density at radius 3 is 2.72 bits per heavy atom. The van der Waals surface area contributed by atoms with E-state index in [0.29, 0.717) is 17.2 Å². The van der Waals surface area contributed by atoms with Gasteiger partial charge in [0.15, 0.2) is 0 Å². The fourth-order valence-electron chi connectivity index (χ4n) is 1.67. The van der Waals surface area contributed by atoms with Crippen LogP contribution < -0.4 is 5.73 Å². The van der Waals surface area contributed by atoms with Gasteiger partial charge in [-0.05, 0) is 38.5 Å². The zero-order valence-electron chi connectivity index (χ0n) is 10.6. The summed E-state index contributed by atoms with van der Waals surface area (Å²) < 4.78 is 10.5. The predicted molar refractivity (Wildman–Crippen MR) is 71.9 cm³/mol. The SMILES string of the molecule is CCOC(=O)c1sc(-c2ccc(C)o2)c(C)c1N. The van der Waals surface area contributed by atoms with Crippen LogP contribution in [0.4, 0.5) is 5.69 Å². The highest BCUT2D eigenvalue weighted by Gasteiger charge is 2.21. The molecule has 0 fully saturated rings. The third kappa shape index (κ3) is 2.13. The summed E-state index contributed by atoms with van der Waals surface area (Å²) in [5.74, 6) is 1.18. The number of furan rings is 1. The normalized spacial score (nSPS) is 10.6. The Morgan fingerprint density at radius 1 is 1.44 bits per heavy atom. The number of thiophene rings is 1. The summed E-state index contributed by atoms with van der Waals surface area (Å²) in [4.78, 5) is 13.1. The third-order valence-corrected chi connectivity index (χ3v) is 3.92. The molecule has 0 aromatic carbocycles. The Hall–Kier alpha value is -1.75. The monoisotopic (exact) mass is 265 g/mol. The predicted octanol–water partition coefficient (Wildman–Crippen LogP) is 3.38. The molecule has 0 saturated carbocycles. The molecule has 0 aliphatic rings. The molecule has 0 saturated heterocycles. The molecule has 2 rings (SSSR count). The van der Waals surface area contributed by atoms with E-state index in [-0.39, 0.29) is 5.97 Å². The number of carbonyl (C=O) groups excluding carboxylic acids is 1. The van der Waals surface area contributed by atoms with Crippen LogP contribution >= 0.6 is 11.3 Å². The highest BCUT2D eigenvalue weighted by atomic mass is 32.1. The standard InChI is InChI=1S/C13H15NO3S/c1-4-16-13(15)12-10(14)8(3)11(18-12)9-6-5-7(2)17-9/h5-6H,4,14H2,1-3H3. The molecule has 0 spiro atoms. The van der Waals surface area contributed by atoms with Crippen LogP contribution in [0.15, 0.2) is 16.5 Å². The highest BCUT2D eigenvalue weighted by molar-refractivity contribution is 7.18. The lowest BCUT2D eigenvalue weighted by Crippen LogP contribution is -2.05. The summed E-state index contributed by atoms with van der Waals surface area (Å²) in [7, 11) is 0. The van der Waals surface area contributed by atoms with Crippen LogP contribution in [0.2, 0.25) is 0 Å². The number of anilines is 1. The number of carbonyl (C=O) groups is 1. The summed E-state index contributed by atoms with van der Waals surface area (Å²) >= 11 is 1.31. The van der Waals surface area contributed by atoms with Crippen molar-refractivity contribution in [2.45, 2.75) is 20.8 Å². The van der Waals surface area contributed by atoms with E-state index in [0.717, 1.165) is 22.0 Å². The third-order valence-electron chi connectivity index (χ3n) is 2.62. The average Bonchev–Trinajstić information content (AvgIpc) is 2.86. The molecule has 2 aromatic rings. The van der Waals surface area contributed by atoms with Crippen molar-refractivity contribution in [2.24, 2.45) is 0 Å². The molecule has 0 amide bonds. The minimum atomic E-state index is -0.377. The van der Waals surface area contributed by atoms with Crippen LogP contribution in [0.3, 0.4) is 0 Å². The van der Waals surface area contributed by atoms with E-state index in [2.05, 4.69) is 0 Å². The number of aryl methyl sites for hydroxylation is 1. The van der Waals surface area contributed by atoms with E-state index in [9.17, 15) is 4.79 Å². The summed E-state index contributed by atoms with van der Waals surface area (Å²) in [6, 6.07) is 3.76. The van der Waals surface area contributed by atoms with Gasteiger partial charge in [-0.2, -0.15) is 0 Å². The molecule has 0 aliphatic heterocycles. The molecule has 5 heteroatoms. The molecule has 0 unspecified atom stereocenters. The Morgan fingerprint density at radius 2 is 2.17 bits per heavy atom. The molecule has 0 aliphatic carbocycles. The van der Waals surface area contributed by atoms with Crippen molar-refractivity contribution >= 4 is 23.0 Å². The van der Waals surface area contributed by atoms with Gasteiger partial charge in [-0.1, -0.05) is 0 Å². The van der Waals surface area contributed by atoms with Gasteiger partial charge in [0.2, 0.25) is 0 Å². The molecule has 96 valence electrons. The Kier molecular flexibility index (Phi) is 3.43. The van der Waals surface area contributed by atoms with Gasteiger partial charge in [-0.15, -0.1) is 11.3 Å². The fraction of sp³-hybridized carbons (Fsp3) is 0.308. The maximum atomic E-state index is 11.7. The summed E-state index contributed by atoms with van der Waals surface area (Å²) in [6.45, 7) is 5.86. The zero-order chi connectivity index (χ0) is 13.3. The fourth-order valence-corrected chi connectivity index (χ4v) is 2.75. The van der Waals surface area contributed by atoms with Crippen LogP contribution in [-0.4, -0.2) is 12.6 Å². The van der Waals surface area contributed by atoms with Crippen molar-refractivity contribution in [3.63, 3.8) is 0 Å². The minimum Gasteiger partial charge on any atom is -0.462 e. The van der Waals surface area contributed by atoms with Crippen molar-refractivity contribution in [1.29, 1.82) is 0 Å². The zero-order valence-corrected chi connectivity index (χ0v) is 11.4. The lowest BCUT2D eigenvalue weighted by Gasteiger charge is -1.99. The van der Waals surface area contributed by atoms with Crippen molar-refractivity contribution in [3.05, 3.63) is 28.3 Å². The van der Waals surface area contributed by atoms with Crippen molar-refractivity contribution in [3.8, 4) is 10.6 Å². The number of hydrogen-bond acceptors (Lipinski definition) is 5. The van der Waals surface area contributed by atoms with Gasteiger partial charge < -0.3 is 14.9 Å². The number of hydrogen-bond donors (Lipinski definition) is 1. The van der Waals surface area contributed by atoms with Crippen molar-refractivity contribution in [2.75, 3.05) is 12.3 Å². The lowest BCUT2D eigenvalue weighted by atomic mass is 10.2. The van der Waals surface area contributed by atoms with Crippen molar-refractivity contribution in [1.82, 2.24) is 0 Å². The number of nitrogens with two attached hydrogens (primary N) is 1. The van der Waals surface area contributed by atoms with Gasteiger partial charge in [0.05, 0.1) is 17.2 Å². The first-order chi connectivity index (χ1) is 8.54. The maximum absolute atomic E-state index is 11.7. The number of rotatable bonds is 3. The second kappa shape index (κ2) is 4.86. The molecule has 2 heterocycles. The van der Waals surface area contributed by atoms with Crippen molar-refractivity contribution < 1.29 is 13.9 Å². The van der Waals surface area contributed by atoms with Gasteiger partial charge in [0.25, 0.3) is 0 Å². The first-order valence-electron chi connectivity index (χ1n) is 5.67. The molecule has 4 nitrogen and oxygen atoms in total. The molecule has 0 radical (unpaired) electrons. The molecule has 0 bridgehead atoms. The molecule has 2 aromatic heterocycles. The highest BCUT2D eigenvalue weighted by Crippen LogP contribution is 2.39. The van der Waals surface area contributed by atoms with Gasteiger partial charge >= 0.3 is 5.97 Å². The van der Waals surface area contributed by atoms with Gasteiger partial charge in [-0.3, -0.25) is 0 Å². The summed E-state index contributed by atoms with van der Waals surface area (Å²) in [5.41, 5.74) is 7.28. The summed E-state index contributed by atoms with van der Waals surface area (Å²) in [5, 5.41) is 0. The smallest absolute Gasteiger partial charge is 0.350 e. The van der Waals surface area contributed by atoms with E-state index < -0.39 is 0 Å². The molecule has 18 heavy (non-hydrogen) atoms. The van der Waals surface area contributed by atoms with E-state index in [1.807, 2.05) is 26.0 Å². The van der Waals surface area contributed by atoms with E-state index in [1.165, 1.54) is 11.3 Å². The van der Waals surface area contributed by atoms with Gasteiger partial charge in [0.1, 0.15) is 16.4 Å². The molecule has 2 N–H and O–H groups in total. The van der Waals surface area contributed by atoms with E-state index in [4.69, 9.17) is 14.9 Å². The lowest BCUT2D eigenvalue weighted by molar-refractivity contribution is 0.0533. The molecular weight excluding hydrogens is 250 g/mol. The second-order valence-corrected chi connectivity index (χ2v) is 4.95. The minimum absolute atomic E-state index is 0.338. The summed E-state index contributed by atoms with van der Waals surface area (Å²) in [6.07, 6.45) is 0. The second-order valence-electron chi connectivity index (χ2n) is 3.93. The number of ether oxygens (including phenoxy) is 1. The van der Waals surface area contributed by atoms with Gasteiger partial charge in [0, 0.05) is 0 Å². The number of esters is 1. The van der Waals surface area contributed by atoms with Crippen LogP contribution in [0.5, 0.6) is 0 Å². The van der Waals surface area contributed by atoms with Crippen LogP contribution in [0.1, 0.15) is 27.9 Å². The molecular formula is C13H15NO3S. The van der Waals surface area contributed by atoms with E-state index >= 15 is 0 Å². The quantitative estimate of drug-likeness (QED) is 0.864. The van der Waals surface area contributed by atoms with Gasteiger partial charge in [-0.25, -0.2) is 4.79 Å². The Balaban J connectivity index is 2.45. The topological polar surface area (TPSA) is 65.5 Å². The maximum Gasteiger partial charge on any atom is 0.350 e. The van der Waals surface area contributed by atoms with Crippen LogP contribution in [0, 0.1) is 13.8 Å². The van der Waals surface area contributed by atoms with Crippen LogP contribution in [-0.2, 0) is 4.74 Å². The average molecular weight is 265 g/mol. The van der Waals surface area contributed by atoms with E-state index in [1.54, 1.807) is 6.92 Å². The largest absolute Gasteiger partial charge is 0.462 e.